The summed E-state index contributed by atoms with van der Waals surface area (Å²) in [5.74, 6) is 1.63. The first-order valence-electron chi connectivity index (χ1n) is 10.1. The van der Waals surface area contributed by atoms with E-state index in [-0.39, 0.29) is 18.1 Å². The van der Waals surface area contributed by atoms with Gasteiger partial charge in [0.2, 0.25) is 0 Å². The molecule has 0 bridgehead atoms. The first-order chi connectivity index (χ1) is 14.0. The van der Waals surface area contributed by atoms with Gasteiger partial charge in [-0.15, -0.1) is 0 Å². The number of nitrogens with zero attached hydrogens (tertiary/aromatic N) is 2. The van der Waals surface area contributed by atoms with Gasteiger partial charge in [0.1, 0.15) is 5.76 Å². The minimum absolute atomic E-state index is 0.0514. The predicted octanol–water partition coefficient (Wildman–Crippen LogP) is 2.78. The molecule has 0 aliphatic carbocycles. The summed E-state index contributed by atoms with van der Waals surface area (Å²) in [5, 5.41) is 6.47. The Labute approximate surface area is 172 Å². The van der Waals surface area contributed by atoms with Crippen molar-refractivity contribution in [3.63, 3.8) is 0 Å². The van der Waals surface area contributed by atoms with E-state index in [1.165, 1.54) is 0 Å². The molecule has 2 N–H and O–H groups in total. The lowest BCUT2D eigenvalue weighted by Crippen LogP contribution is -2.48. The van der Waals surface area contributed by atoms with Gasteiger partial charge >= 0.3 is 0 Å². The molecule has 0 spiro atoms. The van der Waals surface area contributed by atoms with Gasteiger partial charge in [-0.25, -0.2) is 4.99 Å². The maximum absolute atomic E-state index is 12.8. The molecular weight excluding hydrogens is 368 g/mol. The molecule has 0 saturated carbocycles. The van der Waals surface area contributed by atoms with Crippen LogP contribution in [-0.4, -0.2) is 48.6 Å². The van der Waals surface area contributed by atoms with Crippen molar-refractivity contribution >= 4 is 11.9 Å². The van der Waals surface area contributed by atoms with Gasteiger partial charge < -0.3 is 24.7 Å². The van der Waals surface area contributed by atoms with Crippen molar-refractivity contribution in [2.75, 3.05) is 19.6 Å². The largest absolute Gasteiger partial charge is 0.467 e. The molecule has 156 valence electrons. The first kappa shape index (κ1) is 20.9. The minimum Gasteiger partial charge on any atom is -0.467 e. The molecule has 1 aromatic heterocycles. The summed E-state index contributed by atoms with van der Waals surface area (Å²) in [6, 6.07) is 11.5. The van der Waals surface area contributed by atoms with Crippen LogP contribution in [0.4, 0.5) is 0 Å². The molecule has 7 nitrogen and oxygen atoms in total. The zero-order chi connectivity index (χ0) is 20.6. The summed E-state index contributed by atoms with van der Waals surface area (Å²) in [5.41, 5.74) is 1.74. The highest BCUT2D eigenvalue weighted by molar-refractivity contribution is 5.94. The summed E-state index contributed by atoms with van der Waals surface area (Å²) < 4.78 is 11.0. The molecule has 29 heavy (non-hydrogen) atoms. The van der Waals surface area contributed by atoms with Crippen LogP contribution in [0.2, 0.25) is 0 Å². The third-order valence-corrected chi connectivity index (χ3v) is 4.68. The molecule has 1 aliphatic rings. The Hall–Kier alpha value is -2.80. The van der Waals surface area contributed by atoms with Crippen molar-refractivity contribution in [3.05, 3.63) is 59.5 Å². The van der Waals surface area contributed by atoms with Crippen LogP contribution in [0.5, 0.6) is 0 Å². The number of hydrogen-bond donors (Lipinski definition) is 2. The topological polar surface area (TPSA) is 79.1 Å². The maximum atomic E-state index is 12.8. The third kappa shape index (κ3) is 6.09. The van der Waals surface area contributed by atoms with Gasteiger partial charge in [0.25, 0.3) is 5.91 Å². The van der Waals surface area contributed by atoms with Gasteiger partial charge in [-0.2, -0.15) is 0 Å². The quantitative estimate of drug-likeness (QED) is 0.578. The van der Waals surface area contributed by atoms with Crippen LogP contribution < -0.4 is 10.6 Å². The number of furan rings is 1. The number of rotatable bonds is 6. The second-order valence-electron chi connectivity index (χ2n) is 7.29. The van der Waals surface area contributed by atoms with Crippen molar-refractivity contribution in [3.8, 4) is 0 Å². The van der Waals surface area contributed by atoms with E-state index in [2.05, 4.69) is 15.6 Å². The van der Waals surface area contributed by atoms with Gasteiger partial charge in [0, 0.05) is 25.2 Å². The summed E-state index contributed by atoms with van der Waals surface area (Å²) in [6.07, 6.45) is 1.78. The lowest BCUT2D eigenvalue weighted by Gasteiger charge is -2.35. The van der Waals surface area contributed by atoms with Crippen LogP contribution in [0.25, 0.3) is 0 Å². The molecule has 3 rings (SSSR count). The summed E-state index contributed by atoms with van der Waals surface area (Å²) in [6.45, 7) is 9.14. The fraction of sp³-hybridized carbons (Fsp3) is 0.455. The Morgan fingerprint density at radius 1 is 1.14 bits per heavy atom. The monoisotopic (exact) mass is 398 g/mol. The fourth-order valence-electron chi connectivity index (χ4n) is 3.38. The number of hydrogen-bond acceptors (Lipinski definition) is 4. The minimum atomic E-state index is 0.0514. The van der Waals surface area contributed by atoms with Crippen molar-refractivity contribution in [2.24, 2.45) is 4.99 Å². The molecular formula is C22H30N4O3. The number of nitrogens with one attached hydrogen (secondary N) is 2. The highest BCUT2D eigenvalue weighted by Gasteiger charge is 2.26. The van der Waals surface area contributed by atoms with Crippen LogP contribution in [0, 0.1) is 0 Å². The van der Waals surface area contributed by atoms with Gasteiger partial charge in [-0.3, -0.25) is 4.79 Å². The number of carbonyl (C=O) groups excluding carboxylic acids is 1. The molecule has 1 fully saturated rings. The number of morpholine rings is 1. The normalized spacial score (nSPS) is 19.8. The number of benzene rings is 1. The Balaban J connectivity index is 1.58. The van der Waals surface area contributed by atoms with E-state index >= 15 is 0 Å². The van der Waals surface area contributed by atoms with E-state index in [0.29, 0.717) is 31.7 Å². The number of carbonyl (C=O) groups is 1. The van der Waals surface area contributed by atoms with Gasteiger partial charge in [0.05, 0.1) is 31.6 Å². The van der Waals surface area contributed by atoms with E-state index in [4.69, 9.17) is 9.15 Å². The molecule has 2 unspecified atom stereocenters. The maximum Gasteiger partial charge on any atom is 0.254 e. The molecule has 7 heteroatoms. The Morgan fingerprint density at radius 3 is 2.48 bits per heavy atom. The molecule has 1 aliphatic heterocycles. The van der Waals surface area contributed by atoms with Crippen molar-refractivity contribution < 1.29 is 13.9 Å². The molecule has 0 radical (unpaired) electrons. The van der Waals surface area contributed by atoms with E-state index in [9.17, 15) is 4.79 Å². The van der Waals surface area contributed by atoms with Gasteiger partial charge in [-0.05, 0) is 50.6 Å². The highest BCUT2D eigenvalue weighted by atomic mass is 16.5. The van der Waals surface area contributed by atoms with Crippen LogP contribution in [0.1, 0.15) is 42.5 Å². The fourth-order valence-corrected chi connectivity index (χ4v) is 3.38. The standard InChI is InChI=1S/C22H30N4O3/c1-4-23-22(25-13-20-6-5-11-28-20)24-12-18-7-9-19(10-8-18)21(27)26-14-16(2)29-17(3)15-26/h5-11,16-17H,4,12-15H2,1-3H3,(H2,23,24,25). The molecule has 1 saturated heterocycles. The van der Waals surface area contributed by atoms with E-state index in [1.54, 1.807) is 6.26 Å². The summed E-state index contributed by atoms with van der Waals surface area (Å²) >= 11 is 0. The van der Waals surface area contributed by atoms with Crippen LogP contribution in [-0.2, 0) is 17.8 Å². The van der Waals surface area contributed by atoms with E-state index < -0.39 is 0 Å². The Bertz CT molecular complexity index is 792. The number of aliphatic imine (C=N–C) groups is 1. The molecule has 2 aromatic rings. The van der Waals surface area contributed by atoms with Gasteiger partial charge in [0.15, 0.2) is 5.96 Å². The van der Waals surface area contributed by atoms with Crippen molar-refractivity contribution in [1.82, 2.24) is 15.5 Å². The van der Waals surface area contributed by atoms with E-state index in [0.717, 1.165) is 23.8 Å². The first-order valence-corrected chi connectivity index (χ1v) is 10.1. The highest BCUT2D eigenvalue weighted by Crippen LogP contribution is 2.15. The van der Waals surface area contributed by atoms with Crippen LogP contribution >= 0.6 is 0 Å². The lowest BCUT2D eigenvalue weighted by atomic mass is 10.1. The van der Waals surface area contributed by atoms with E-state index in [1.807, 2.05) is 62.1 Å². The number of ether oxygens (including phenoxy) is 1. The van der Waals surface area contributed by atoms with Crippen molar-refractivity contribution in [2.45, 2.75) is 46.1 Å². The SMILES string of the molecule is CCNC(=NCc1ccc(C(=O)N2CC(C)OC(C)C2)cc1)NCc1ccco1. The zero-order valence-electron chi connectivity index (χ0n) is 17.4. The second kappa shape index (κ2) is 10.1. The van der Waals surface area contributed by atoms with Crippen LogP contribution in [0.15, 0.2) is 52.1 Å². The zero-order valence-corrected chi connectivity index (χ0v) is 17.4. The molecule has 2 atom stereocenters. The smallest absolute Gasteiger partial charge is 0.254 e. The Kier molecular flexibility index (Phi) is 7.30. The Morgan fingerprint density at radius 2 is 1.86 bits per heavy atom. The second-order valence-corrected chi connectivity index (χ2v) is 7.29. The lowest BCUT2D eigenvalue weighted by molar-refractivity contribution is -0.0586. The molecule has 1 aromatic carbocycles. The van der Waals surface area contributed by atoms with Gasteiger partial charge in [-0.1, -0.05) is 12.1 Å². The summed E-state index contributed by atoms with van der Waals surface area (Å²) in [7, 11) is 0. The average Bonchev–Trinajstić information content (AvgIpc) is 3.23. The van der Waals surface area contributed by atoms with Crippen molar-refractivity contribution in [1.29, 1.82) is 0 Å². The summed E-state index contributed by atoms with van der Waals surface area (Å²) in [4.78, 5) is 19.2. The number of amides is 1. The third-order valence-electron chi connectivity index (χ3n) is 4.68. The average molecular weight is 399 g/mol. The predicted molar refractivity (Wildman–Crippen MR) is 113 cm³/mol. The van der Waals surface area contributed by atoms with Crippen LogP contribution in [0.3, 0.4) is 0 Å². The molecule has 1 amide bonds. The molecule has 2 heterocycles. The number of guanidine groups is 1.